The first-order valence-electron chi connectivity index (χ1n) is 7.07. The molecule has 0 radical (unpaired) electrons. The molecule has 0 unspecified atom stereocenters. The molecule has 1 fully saturated rings. The average molecular weight is 242 g/mol. The number of benzene rings is 1. The van der Waals surface area contributed by atoms with Crippen molar-refractivity contribution < 1.29 is 0 Å². The van der Waals surface area contributed by atoms with Crippen LogP contribution in [0.3, 0.4) is 0 Å². The van der Waals surface area contributed by atoms with Crippen LogP contribution in [0.15, 0.2) is 24.4 Å². The summed E-state index contributed by atoms with van der Waals surface area (Å²) < 4.78 is 0. The van der Waals surface area contributed by atoms with Crippen molar-refractivity contribution in [3.05, 3.63) is 35.5 Å². The first-order chi connectivity index (χ1) is 8.74. The molecule has 1 aliphatic carbocycles. The van der Waals surface area contributed by atoms with Crippen LogP contribution in [0.1, 0.15) is 43.7 Å². The van der Waals surface area contributed by atoms with Crippen LogP contribution in [0.4, 0.5) is 0 Å². The fourth-order valence-electron chi connectivity index (χ4n) is 2.46. The van der Waals surface area contributed by atoms with Gasteiger partial charge in [0.15, 0.2) is 0 Å². The highest BCUT2D eigenvalue weighted by atomic mass is 14.9. The van der Waals surface area contributed by atoms with E-state index in [1.807, 2.05) is 0 Å². The Kier molecular flexibility index (Phi) is 3.13. The molecule has 3 rings (SSSR count). The van der Waals surface area contributed by atoms with E-state index in [0.29, 0.717) is 5.92 Å². The summed E-state index contributed by atoms with van der Waals surface area (Å²) in [4.78, 5) is 3.38. The topological polar surface area (TPSA) is 27.8 Å². The van der Waals surface area contributed by atoms with E-state index < -0.39 is 0 Å². The Morgan fingerprint density at radius 3 is 2.89 bits per heavy atom. The number of H-pyrrole nitrogens is 1. The van der Waals surface area contributed by atoms with E-state index in [4.69, 9.17) is 0 Å². The van der Waals surface area contributed by atoms with Crippen molar-refractivity contribution in [1.82, 2.24) is 10.3 Å². The molecule has 0 atom stereocenters. The van der Waals surface area contributed by atoms with Crippen LogP contribution in [-0.4, -0.2) is 17.6 Å². The Morgan fingerprint density at radius 2 is 2.17 bits per heavy atom. The van der Waals surface area contributed by atoms with Crippen LogP contribution in [0.2, 0.25) is 0 Å². The first kappa shape index (κ1) is 11.8. The van der Waals surface area contributed by atoms with E-state index in [1.54, 1.807) is 0 Å². The van der Waals surface area contributed by atoms with Gasteiger partial charge in [-0.25, -0.2) is 0 Å². The summed E-state index contributed by atoms with van der Waals surface area (Å²) in [5.74, 6) is 0.599. The molecule has 1 heterocycles. The highest BCUT2D eigenvalue weighted by Gasteiger charge is 2.19. The summed E-state index contributed by atoms with van der Waals surface area (Å²) in [6, 6.07) is 7.60. The van der Waals surface area contributed by atoms with Crippen molar-refractivity contribution in [3.63, 3.8) is 0 Å². The van der Waals surface area contributed by atoms with Gasteiger partial charge in [-0.2, -0.15) is 0 Å². The van der Waals surface area contributed by atoms with Crippen LogP contribution in [-0.2, 0) is 6.42 Å². The summed E-state index contributed by atoms with van der Waals surface area (Å²) >= 11 is 0. The van der Waals surface area contributed by atoms with Crippen molar-refractivity contribution in [3.8, 4) is 0 Å². The highest BCUT2D eigenvalue weighted by Crippen LogP contribution is 2.24. The molecule has 1 aliphatic rings. The van der Waals surface area contributed by atoms with Crippen molar-refractivity contribution in [2.24, 2.45) is 0 Å². The van der Waals surface area contributed by atoms with Gasteiger partial charge in [0.1, 0.15) is 0 Å². The monoisotopic (exact) mass is 242 g/mol. The van der Waals surface area contributed by atoms with Gasteiger partial charge in [-0.3, -0.25) is 0 Å². The molecule has 1 aromatic heterocycles. The van der Waals surface area contributed by atoms with Gasteiger partial charge in [0.25, 0.3) is 0 Å². The normalized spacial score (nSPS) is 15.7. The molecule has 0 aliphatic heterocycles. The maximum atomic E-state index is 3.58. The number of aromatic amines is 1. The van der Waals surface area contributed by atoms with Crippen molar-refractivity contribution in [2.45, 2.75) is 45.1 Å². The molecule has 2 aromatic rings. The Bertz CT molecular complexity index is 535. The van der Waals surface area contributed by atoms with Gasteiger partial charge in [-0.1, -0.05) is 19.9 Å². The Labute approximate surface area is 109 Å². The van der Waals surface area contributed by atoms with Gasteiger partial charge in [-0.15, -0.1) is 0 Å². The van der Waals surface area contributed by atoms with E-state index in [0.717, 1.165) is 19.0 Å². The largest absolute Gasteiger partial charge is 0.361 e. The van der Waals surface area contributed by atoms with Crippen LogP contribution >= 0.6 is 0 Å². The standard InChI is InChI=1S/C16H22N2/c1-11(2)12-3-6-16-15(9-12)13(10-18-16)7-8-17-14-4-5-14/h3,6,9-11,14,17-18H,4-5,7-8H2,1-2H3. The van der Waals surface area contributed by atoms with E-state index in [-0.39, 0.29) is 0 Å². The quantitative estimate of drug-likeness (QED) is 0.824. The zero-order chi connectivity index (χ0) is 12.5. The molecular weight excluding hydrogens is 220 g/mol. The lowest BCUT2D eigenvalue weighted by molar-refractivity contribution is 0.683. The molecule has 0 spiro atoms. The Hall–Kier alpha value is -1.28. The maximum Gasteiger partial charge on any atom is 0.0456 e. The van der Waals surface area contributed by atoms with E-state index in [1.165, 1.54) is 34.9 Å². The number of hydrogen-bond acceptors (Lipinski definition) is 1. The Morgan fingerprint density at radius 1 is 1.33 bits per heavy atom. The molecule has 1 aromatic carbocycles. The third kappa shape index (κ3) is 2.44. The molecule has 0 saturated heterocycles. The third-order valence-corrected chi connectivity index (χ3v) is 3.86. The lowest BCUT2D eigenvalue weighted by Crippen LogP contribution is -2.19. The molecule has 2 heteroatoms. The number of nitrogens with one attached hydrogen (secondary N) is 2. The summed E-state index contributed by atoms with van der Waals surface area (Å²) in [7, 11) is 0. The van der Waals surface area contributed by atoms with Crippen LogP contribution in [0.25, 0.3) is 10.9 Å². The molecule has 0 amide bonds. The van der Waals surface area contributed by atoms with Crippen LogP contribution in [0.5, 0.6) is 0 Å². The Balaban J connectivity index is 1.79. The molecule has 96 valence electrons. The van der Waals surface area contributed by atoms with E-state index >= 15 is 0 Å². The average Bonchev–Trinajstić information content (AvgIpc) is 3.09. The summed E-state index contributed by atoms with van der Waals surface area (Å²) in [6.45, 7) is 5.60. The summed E-state index contributed by atoms with van der Waals surface area (Å²) in [5.41, 5.74) is 4.14. The van der Waals surface area contributed by atoms with Crippen molar-refractivity contribution >= 4 is 10.9 Å². The maximum absolute atomic E-state index is 3.58. The van der Waals surface area contributed by atoms with E-state index in [2.05, 4.69) is 48.5 Å². The third-order valence-electron chi connectivity index (χ3n) is 3.86. The number of aromatic nitrogens is 1. The van der Waals surface area contributed by atoms with Gasteiger partial charge in [0.05, 0.1) is 0 Å². The lowest BCUT2D eigenvalue weighted by Gasteiger charge is -2.06. The minimum Gasteiger partial charge on any atom is -0.361 e. The predicted molar refractivity (Wildman–Crippen MR) is 77.1 cm³/mol. The smallest absolute Gasteiger partial charge is 0.0456 e. The minimum atomic E-state index is 0.599. The summed E-state index contributed by atoms with van der Waals surface area (Å²) in [5, 5.41) is 4.98. The van der Waals surface area contributed by atoms with E-state index in [9.17, 15) is 0 Å². The van der Waals surface area contributed by atoms with Crippen LogP contribution < -0.4 is 5.32 Å². The number of rotatable bonds is 5. The molecule has 18 heavy (non-hydrogen) atoms. The van der Waals surface area contributed by atoms with Gasteiger partial charge in [-0.05, 0) is 55.0 Å². The second-order valence-corrected chi connectivity index (χ2v) is 5.75. The second-order valence-electron chi connectivity index (χ2n) is 5.75. The fraction of sp³-hybridized carbons (Fsp3) is 0.500. The minimum absolute atomic E-state index is 0.599. The predicted octanol–water partition coefficient (Wildman–Crippen LogP) is 3.59. The first-order valence-corrected chi connectivity index (χ1v) is 7.07. The number of hydrogen-bond donors (Lipinski definition) is 2. The zero-order valence-electron chi connectivity index (χ0n) is 11.3. The van der Waals surface area contributed by atoms with Crippen molar-refractivity contribution in [1.29, 1.82) is 0 Å². The van der Waals surface area contributed by atoms with Gasteiger partial charge < -0.3 is 10.3 Å². The lowest BCUT2D eigenvalue weighted by atomic mass is 10.00. The zero-order valence-corrected chi connectivity index (χ0v) is 11.3. The highest BCUT2D eigenvalue weighted by molar-refractivity contribution is 5.84. The second kappa shape index (κ2) is 4.77. The van der Waals surface area contributed by atoms with Gasteiger partial charge >= 0.3 is 0 Å². The molecule has 2 nitrogen and oxygen atoms in total. The fourth-order valence-corrected chi connectivity index (χ4v) is 2.46. The molecular formula is C16H22N2. The van der Waals surface area contributed by atoms with Crippen molar-refractivity contribution in [2.75, 3.05) is 6.54 Å². The number of fused-ring (bicyclic) bond motifs is 1. The van der Waals surface area contributed by atoms with Gasteiger partial charge in [0, 0.05) is 23.1 Å². The summed E-state index contributed by atoms with van der Waals surface area (Å²) in [6.07, 6.45) is 6.03. The molecule has 2 N–H and O–H groups in total. The SMILES string of the molecule is CC(C)c1ccc2[nH]cc(CCNC3CC3)c2c1. The molecule has 0 bridgehead atoms. The molecule has 1 saturated carbocycles. The van der Waals surface area contributed by atoms with Crippen LogP contribution in [0, 0.1) is 0 Å². The van der Waals surface area contributed by atoms with Gasteiger partial charge in [0.2, 0.25) is 0 Å².